The maximum Gasteiger partial charge on any atom is 0.249 e. The number of aromatic nitrogens is 2. The molecule has 2 heterocycles. The predicted molar refractivity (Wildman–Crippen MR) is 77.2 cm³/mol. The van der Waals surface area contributed by atoms with Gasteiger partial charge in [-0.15, -0.1) is 10.2 Å². The van der Waals surface area contributed by atoms with E-state index in [1.807, 2.05) is 24.3 Å². The molecular formula is C14H17ClN4O. The molecule has 1 unspecified atom stereocenters. The fraction of sp³-hybridized carbons (Fsp3) is 0.429. The van der Waals surface area contributed by atoms with Crippen LogP contribution in [0.15, 0.2) is 28.7 Å². The summed E-state index contributed by atoms with van der Waals surface area (Å²) in [4.78, 5) is 2.30. The maximum atomic E-state index is 6.13. The van der Waals surface area contributed by atoms with Gasteiger partial charge in [0.05, 0.1) is 17.1 Å². The minimum Gasteiger partial charge on any atom is -0.419 e. The highest BCUT2D eigenvalue weighted by atomic mass is 35.5. The molecule has 2 N–H and O–H groups in total. The zero-order valence-corrected chi connectivity index (χ0v) is 11.9. The van der Waals surface area contributed by atoms with Gasteiger partial charge in [0, 0.05) is 12.6 Å². The van der Waals surface area contributed by atoms with Gasteiger partial charge in [-0.2, -0.15) is 0 Å². The van der Waals surface area contributed by atoms with Crippen LogP contribution >= 0.6 is 11.6 Å². The molecule has 20 heavy (non-hydrogen) atoms. The van der Waals surface area contributed by atoms with Gasteiger partial charge in [-0.05, 0) is 31.5 Å². The second kappa shape index (κ2) is 5.91. The van der Waals surface area contributed by atoms with Gasteiger partial charge >= 0.3 is 0 Å². The van der Waals surface area contributed by atoms with Crippen molar-refractivity contribution in [2.24, 2.45) is 5.73 Å². The van der Waals surface area contributed by atoms with Gasteiger partial charge in [0.25, 0.3) is 0 Å². The lowest BCUT2D eigenvalue weighted by molar-refractivity contribution is 0.226. The number of nitrogens with two attached hydrogens (primary N) is 1. The summed E-state index contributed by atoms with van der Waals surface area (Å²) in [5.41, 5.74) is 6.54. The lowest BCUT2D eigenvalue weighted by Crippen LogP contribution is -2.34. The average Bonchev–Trinajstić information content (AvgIpc) is 3.09. The number of rotatable bonds is 4. The molecule has 0 spiro atoms. The Kier molecular flexibility index (Phi) is 4.00. The Labute approximate surface area is 122 Å². The van der Waals surface area contributed by atoms with Crippen molar-refractivity contribution in [3.05, 3.63) is 35.2 Å². The van der Waals surface area contributed by atoms with Crippen LogP contribution in [0, 0.1) is 0 Å². The highest BCUT2D eigenvalue weighted by Gasteiger charge is 2.25. The molecule has 0 bridgehead atoms. The molecule has 1 atom stereocenters. The van der Waals surface area contributed by atoms with E-state index in [1.165, 1.54) is 6.42 Å². The molecule has 3 rings (SSSR count). The highest BCUT2D eigenvalue weighted by Crippen LogP contribution is 2.27. The van der Waals surface area contributed by atoms with E-state index in [-0.39, 0.29) is 0 Å². The molecule has 0 aliphatic carbocycles. The SMILES string of the molecule is NCC1CCCN1Cc1nnc(-c2ccccc2Cl)o1. The van der Waals surface area contributed by atoms with E-state index in [1.54, 1.807) is 0 Å². The normalized spacial score (nSPS) is 19.6. The highest BCUT2D eigenvalue weighted by molar-refractivity contribution is 6.33. The number of nitrogens with zero attached hydrogens (tertiary/aromatic N) is 3. The predicted octanol–water partition coefficient (Wildman–Crippen LogP) is 2.31. The average molecular weight is 293 g/mol. The number of hydrogen-bond acceptors (Lipinski definition) is 5. The molecule has 1 saturated heterocycles. The summed E-state index contributed by atoms with van der Waals surface area (Å²) in [7, 11) is 0. The first-order valence-corrected chi connectivity index (χ1v) is 7.17. The minimum absolute atomic E-state index is 0.422. The summed E-state index contributed by atoms with van der Waals surface area (Å²) in [6, 6.07) is 7.88. The van der Waals surface area contributed by atoms with Gasteiger partial charge < -0.3 is 10.2 Å². The monoisotopic (exact) mass is 292 g/mol. The number of likely N-dealkylation sites (tertiary alicyclic amines) is 1. The molecular weight excluding hydrogens is 276 g/mol. The molecule has 1 aromatic heterocycles. The summed E-state index contributed by atoms with van der Waals surface area (Å²) in [5.74, 6) is 1.08. The molecule has 6 heteroatoms. The number of hydrogen-bond donors (Lipinski definition) is 1. The maximum absolute atomic E-state index is 6.13. The van der Waals surface area contributed by atoms with Gasteiger partial charge in [0.1, 0.15) is 0 Å². The lowest BCUT2D eigenvalue weighted by atomic mass is 10.2. The third-order valence-corrected chi connectivity index (χ3v) is 4.01. The largest absolute Gasteiger partial charge is 0.419 e. The summed E-state index contributed by atoms with van der Waals surface area (Å²) >= 11 is 6.13. The van der Waals surface area contributed by atoms with Crippen LogP contribution < -0.4 is 5.73 Å². The number of halogens is 1. The molecule has 5 nitrogen and oxygen atoms in total. The van der Waals surface area contributed by atoms with E-state index < -0.39 is 0 Å². The first-order chi connectivity index (χ1) is 9.78. The van der Waals surface area contributed by atoms with Gasteiger partial charge in [-0.25, -0.2) is 0 Å². The minimum atomic E-state index is 0.422. The van der Waals surface area contributed by atoms with Crippen molar-refractivity contribution in [2.45, 2.75) is 25.4 Å². The van der Waals surface area contributed by atoms with Crippen LogP contribution in [0.3, 0.4) is 0 Å². The summed E-state index contributed by atoms with van der Waals surface area (Å²) in [5, 5.41) is 8.80. The van der Waals surface area contributed by atoms with Crippen LogP contribution in [0.5, 0.6) is 0 Å². The second-order valence-corrected chi connectivity index (χ2v) is 5.39. The molecule has 0 saturated carbocycles. The van der Waals surface area contributed by atoms with Gasteiger partial charge in [0.2, 0.25) is 11.8 Å². The van der Waals surface area contributed by atoms with E-state index in [4.69, 9.17) is 21.8 Å². The van der Waals surface area contributed by atoms with Gasteiger partial charge in [-0.1, -0.05) is 23.7 Å². The third-order valence-electron chi connectivity index (χ3n) is 3.68. The summed E-state index contributed by atoms with van der Waals surface area (Å²) in [6.45, 7) is 2.36. The Morgan fingerprint density at radius 2 is 2.20 bits per heavy atom. The third kappa shape index (κ3) is 2.70. The van der Waals surface area contributed by atoms with Crippen LogP contribution in [0.2, 0.25) is 5.02 Å². The van der Waals surface area contributed by atoms with Crippen LogP contribution in [-0.4, -0.2) is 34.2 Å². The standard InChI is InChI=1S/C14H17ClN4O/c15-12-6-2-1-5-11(12)14-18-17-13(20-14)9-19-7-3-4-10(19)8-16/h1-2,5-6,10H,3-4,7-9,16H2. The Bertz CT molecular complexity index is 586. The van der Waals surface area contributed by atoms with Crippen LogP contribution in [-0.2, 0) is 6.54 Å². The molecule has 2 aromatic rings. The van der Waals surface area contributed by atoms with Crippen molar-refractivity contribution in [3.8, 4) is 11.5 Å². The Morgan fingerprint density at radius 1 is 1.35 bits per heavy atom. The lowest BCUT2D eigenvalue weighted by Gasteiger charge is -2.20. The fourth-order valence-electron chi connectivity index (χ4n) is 2.60. The van der Waals surface area contributed by atoms with Crippen molar-refractivity contribution >= 4 is 11.6 Å². The van der Waals surface area contributed by atoms with Crippen LogP contribution in [0.1, 0.15) is 18.7 Å². The Morgan fingerprint density at radius 3 is 3.00 bits per heavy atom. The van der Waals surface area contributed by atoms with Crippen molar-refractivity contribution < 1.29 is 4.42 Å². The van der Waals surface area contributed by atoms with E-state index in [0.717, 1.165) is 18.5 Å². The summed E-state index contributed by atoms with van der Waals surface area (Å²) < 4.78 is 5.72. The molecule has 1 aliphatic heterocycles. The summed E-state index contributed by atoms with van der Waals surface area (Å²) in [6.07, 6.45) is 2.31. The fourth-order valence-corrected chi connectivity index (χ4v) is 2.82. The first kappa shape index (κ1) is 13.5. The topological polar surface area (TPSA) is 68.2 Å². The van der Waals surface area contributed by atoms with Crippen molar-refractivity contribution in [2.75, 3.05) is 13.1 Å². The second-order valence-electron chi connectivity index (χ2n) is 4.98. The Balaban J connectivity index is 1.76. The smallest absolute Gasteiger partial charge is 0.249 e. The van der Waals surface area contributed by atoms with Crippen molar-refractivity contribution in [1.82, 2.24) is 15.1 Å². The molecule has 1 aliphatic rings. The van der Waals surface area contributed by atoms with Crippen LogP contribution in [0.25, 0.3) is 11.5 Å². The van der Waals surface area contributed by atoms with Crippen molar-refractivity contribution in [3.63, 3.8) is 0 Å². The molecule has 0 radical (unpaired) electrons. The van der Waals surface area contributed by atoms with E-state index >= 15 is 0 Å². The number of benzene rings is 1. The zero-order chi connectivity index (χ0) is 13.9. The zero-order valence-electron chi connectivity index (χ0n) is 11.1. The van der Waals surface area contributed by atoms with E-state index in [0.29, 0.717) is 35.9 Å². The van der Waals surface area contributed by atoms with E-state index in [2.05, 4.69) is 15.1 Å². The molecule has 1 fully saturated rings. The van der Waals surface area contributed by atoms with Crippen molar-refractivity contribution in [1.29, 1.82) is 0 Å². The quantitative estimate of drug-likeness (QED) is 0.936. The van der Waals surface area contributed by atoms with Gasteiger partial charge in [-0.3, -0.25) is 4.90 Å². The first-order valence-electron chi connectivity index (χ1n) is 6.79. The van der Waals surface area contributed by atoms with E-state index in [9.17, 15) is 0 Å². The van der Waals surface area contributed by atoms with Gasteiger partial charge in [0.15, 0.2) is 0 Å². The van der Waals surface area contributed by atoms with Crippen LogP contribution in [0.4, 0.5) is 0 Å². The Hall–Kier alpha value is -1.43. The molecule has 1 aromatic carbocycles. The molecule has 106 valence electrons. The molecule has 0 amide bonds.